The van der Waals surface area contributed by atoms with Gasteiger partial charge in [0, 0.05) is 11.1 Å². The van der Waals surface area contributed by atoms with Gasteiger partial charge in [-0.25, -0.2) is 0 Å². The fourth-order valence-electron chi connectivity index (χ4n) is 3.19. The molecule has 0 amide bonds. The zero-order valence-electron chi connectivity index (χ0n) is 13.8. The van der Waals surface area contributed by atoms with Crippen molar-refractivity contribution in [1.29, 1.82) is 0 Å². The molecule has 0 bridgehead atoms. The number of ketones is 1. The number of carbonyl (C=O) groups is 2. The number of benzene rings is 2. The maximum Gasteiger partial charge on any atom is 0.159 e. The Morgan fingerprint density at radius 2 is 1.62 bits per heavy atom. The van der Waals surface area contributed by atoms with Gasteiger partial charge in [-0.3, -0.25) is 9.59 Å². The topological polar surface area (TPSA) is 46.2 Å². The summed E-state index contributed by atoms with van der Waals surface area (Å²) < 4.78 is 0. The van der Waals surface area contributed by atoms with Crippen molar-refractivity contribution in [1.82, 2.24) is 5.32 Å². The highest BCUT2D eigenvalue weighted by atomic mass is 16.1. The van der Waals surface area contributed by atoms with Crippen molar-refractivity contribution in [3.05, 3.63) is 76.4 Å². The number of aldehydes is 1. The molecule has 2 aromatic carbocycles. The SMILES string of the molecule is CC(=O)c1ccc(C(=C2CCNCC2)c2cccc(C=O)c2)cc1. The Bertz CT molecular complexity index is 780. The van der Waals surface area contributed by atoms with E-state index in [-0.39, 0.29) is 5.78 Å². The van der Waals surface area contributed by atoms with Gasteiger partial charge in [-0.15, -0.1) is 0 Å². The summed E-state index contributed by atoms with van der Waals surface area (Å²) in [6, 6.07) is 15.5. The first kappa shape index (κ1) is 16.3. The van der Waals surface area contributed by atoms with Crippen LogP contribution in [0.25, 0.3) is 5.57 Å². The molecule has 3 heteroatoms. The molecule has 0 aliphatic carbocycles. The van der Waals surface area contributed by atoms with Gasteiger partial charge in [-0.1, -0.05) is 48.0 Å². The lowest BCUT2D eigenvalue weighted by Crippen LogP contribution is -2.23. The molecule has 1 fully saturated rings. The summed E-state index contributed by atoms with van der Waals surface area (Å²) in [6.45, 7) is 3.52. The molecule has 0 unspecified atom stereocenters. The average Bonchev–Trinajstić information content (AvgIpc) is 2.63. The van der Waals surface area contributed by atoms with Gasteiger partial charge < -0.3 is 5.32 Å². The van der Waals surface area contributed by atoms with E-state index in [1.54, 1.807) is 6.92 Å². The Kier molecular flexibility index (Phi) is 5.02. The molecule has 1 aliphatic rings. The minimum Gasteiger partial charge on any atom is -0.316 e. The van der Waals surface area contributed by atoms with E-state index < -0.39 is 0 Å². The van der Waals surface area contributed by atoms with Crippen LogP contribution in [0.4, 0.5) is 0 Å². The summed E-state index contributed by atoms with van der Waals surface area (Å²) in [6.07, 6.45) is 2.87. The lowest BCUT2D eigenvalue weighted by Gasteiger charge is -2.21. The molecule has 1 heterocycles. The summed E-state index contributed by atoms with van der Waals surface area (Å²) in [5.41, 5.74) is 6.14. The molecule has 0 atom stereocenters. The summed E-state index contributed by atoms with van der Waals surface area (Å²) in [7, 11) is 0. The normalized spacial score (nSPS) is 14.3. The molecule has 3 nitrogen and oxygen atoms in total. The maximum atomic E-state index is 11.5. The molecule has 0 spiro atoms. The summed E-state index contributed by atoms with van der Waals surface area (Å²) in [4.78, 5) is 22.7. The first-order valence-electron chi connectivity index (χ1n) is 8.29. The van der Waals surface area contributed by atoms with Gasteiger partial charge in [0.1, 0.15) is 6.29 Å². The van der Waals surface area contributed by atoms with Gasteiger partial charge >= 0.3 is 0 Å². The smallest absolute Gasteiger partial charge is 0.159 e. The minimum absolute atomic E-state index is 0.0700. The largest absolute Gasteiger partial charge is 0.316 e. The van der Waals surface area contributed by atoms with Crippen LogP contribution in [0.3, 0.4) is 0 Å². The number of piperidine rings is 1. The zero-order chi connectivity index (χ0) is 16.9. The number of nitrogens with one attached hydrogen (secondary N) is 1. The van der Waals surface area contributed by atoms with E-state index in [1.807, 2.05) is 42.5 Å². The van der Waals surface area contributed by atoms with Crippen LogP contribution in [0.1, 0.15) is 51.6 Å². The maximum absolute atomic E-state index is 11.5. The first-order valence-corrected chi connectivity index (χ1v) is 8.29. The van der Waals surface area contributed by atoms with Crippen molar-refractivity contribution < 1.29 is 9.59 Å². The molecule has 0 saturated carbocycles. The van der Waals surface area contributed by atoms with E-state index in [9.17, 15) is 9.59 Å². The Morgan fingerprint density at radius 3 is 2.25 bits per heavy atom. The molecule has 122 valence electrons. The van der Waals surface area contributed by atoms with E-state index in [0.29, 0.717) is 5.56 Å². The predicted molar refractivity (Wildman–Crippen MR) is 96.4 cm³/mol. The van der Waals surface area contributed by atoms with Crippen LogP contribution < -0.4 is 5.32 Å². The van der Waals surface area contributed by atoms with Gasteiger partial charge in [0.25, 0.3) is 0 Å². The van der Waals surface area contributed by atoms with Crippen LogP contribution in [0.2, 0.25) is 0 Å². The van der Waals surface area contributed by atoms with Crippen LogP contribution >= 0.6 is 0 Å². The van der Waals surface area contributed by atoms with Crippen LogP contribution in [-0.4, -0.2) is 25.2 Å². The van der Waals surface area contributed by atoms with Crippen molar-refractivity contribution in [3.63, 3.8) is 0 Å². The molecule has 1 aliphatic heterocycles. The highest BCUT2D eigenvalue weighted by Crippen LogP contribution is 2.31. The fraction of sp³-hybridized carbons (Fsp3) is 0.238. The average molecular weight is 319 g/mol. The van der Waals surface area contributed by atoms with E-state index >= 15 is 0 Å². The molecule has 0 radical (unpaired) electrons. The molecule has 0 aromatic heterocycles. The highest BCUT2D eigenvalue weighted by molar-refractivity contribution is 5.95. The molecule has 1 saturated heterocycles. The van der Waals surface area contributed by atoms with Gasteiger partial charge in [-0.05, 0) is 55.6 Å². The van der Waals surface area contributed by atoms with Crippen molar-refractivity contribution in [2.75, 3.05) is 13.1 Å². The molecular formula is C21H21NO2. The predicted octanol–water partition coefficient (Wildman–Crippen LogP) is 3.89. The standard InChI is InChI=1S/C21H21NO2/c1-15(24)17-5-7-18(8-6-17)21(19-9-11-22-12-10-19)20-4-2-3-16(13-20)14-23/h2-8,13-14,22H,9-12H2,1H3. The van der Waals surface area contributed by atoms with Crippen LogP contribution in [0.15, 0.2) is 54.1 Å². The Morgan fingerprint density at radius 1 is 0.958 bits per heavy atom. The fourth-order valence-corrected chi connectivity index (χ4v) is 3.19. The van der Waals surface area contributed by atoms with Crippen LogP contribution in [-0.2, 0) is 0 Å². The van der Waals surface area contributed by atoms with Crippen molar-refractivity contribution in [3.8, 4) is 0 Å². The minimum atomic E-state index is 0.0700. The third-order valence-electron chi connectivity index (χ3n) is 4.45. The third kappa shape index (κ3) is 3.52. The van der Waals surface area contributed by atoms with Gasteiger partial charge in [-0.2, -0.15) is 0 Å². The second-order valence-corrected chi connectivity index (χ2v) is 6.11. The number of carbonyl (C=O) groups excluding carboxylic acids is 2. The summed E-state index contributed by atoms with van der Waals surface area (Å²) in [5, 5.41) is 3.38. The van der Waals surface area contributed by atoms with E-state index in [1.165, 1.54) is 11.1 Å². The molecule has 3 rings (SSSR count). The van der Waals surface area contributed by atoms with Crippen LogP contribution in [0.5, 0.6) is 0 Å². The Balaban J connectivity index is 2.11. The first-order chi connectivity index (χ1) is 11.7. The molecular weight excluding hydrogens is 298 g/mol. The second kappa shape index (κ2) is 7.37. The number of rotatable bonds is 4. The summed E-state index contributed by atoms with van der Waals surface area (Å²) >= 11 is 0. The van der Waals surface area contributed by atoms with Crippen molar-refractivity contribution >= 4 is 17.6 Å². The van der Waals surface area contributed by atoms with E-state index in [4.69, 9.17) is 0 Å². The monoisotopic (exact) mass is 319 g/mol. The zero-order valence-corrected chi connectivity index (χ0v) is 13.8. The molecule has 2 aromatic rings. The van der Waals surface area contributed by atoms with Crippen molar-refractivity contribution in [2.45, 2.75) is 19.8 Å². The lowest BCUT2D eigenvalue weighted by molar-refractivity contribution is 0.101. The molecule has 1 N–H and O–H groups in total. The lowest BCUT2D eigenvalue weighted by atomic mass is 9.88. The molecule has 24 heavy (non-hydrogen) atoms. The number of hydrogen-bond donors (Lipinski definition) is 1. The van der Waals surface area contributed by atoms with Crippen molar-refractivity contribution in [2.24, 2.45) is 0 Å². The summed E-state index contributed by atoms with van der Waals surface area (Å²) in [5.74, 6) is 0.0700. The van der Waals surface area contributed by atoms with E-state index in [2.05, 4.69) is 11.4 Å². The second-order valence-electron chi connectivity index (χ2n) is 6.11. The third-order valence-corrected chi connectivity index (χ3v) is 4.45. The van der Waals surface area contributed by atoms with Crippen LogP contribution in [0, 0.1) is 0 Å². The van der Waals surface area contributed by atoms with E-state index in [0.717, 1.165) is 48.9 Å². The highest BCUT2D eigenvalue weighted by Gasteiger charge is 2.15. The number of Topliss-reactive ketones (excluding diaryl/α,β-unsaturated/α-hetero) is 1. The van der Waals surface area contributed by atoms with Gasteiger partial charge in [0.15, 0.2) is 5.78 Å². The van der Waals surface area contributed by atoms with Gasteiger partial charge in [0.2, 0.25) is 0 Å². The quantitative estimate of drug-likeness (QED) is 0.687. The Labute approximate surface area is 142 Å². The Hall–Kier alpha value is -2.52. The van der Waals surface area contributed by atoms with Gasteiger partial charge in [0.05, 0.1) is 0 Å². The number of hydrogen-bond acceptors (Lipinski definition) is 3.